The van der Waals surface area contributed by atoms with Crippen LogP contribution < -0.4 is 15.0 Å². The number of likely N-dealkylation sites (N-methyl/N-ethyl adjacent to an activating group) is 2. The lowest BCUT2D eigenvalue weighted by molar-refractivity contribution is -0.384. The Labute approximate surface area is 227 Å². The zero-order valence-electron chi connectivity index (χ0n) is 22.6. The first kappa shape index (κ1) is 26.4. The van der Waals surface area contributed by atoms with Gasteiger partial charge in [0.25, 0.3) is 5.69 Å². The van der Waals surface area contributed by atoms with Gasteiger partial charge < -0.3 is 29.2 Å². The van der Waals surface area contributed by atoms with E-state index in [4.69, 9.17) is 14.5 Å². The first-order valence-electron chi connectivity index (χ1n) is 13.0. The molecule has 0 spiro atoms. The molecule has 0 radical (unpaired) electrons. The number of rotatable bonds is 10. The first-order valence-corrected chi connectivity index (χ1v) is 13.0. The predicted octanol–water partition coefficient (Wildman–Crippen LogP) is 4.60. The molecule has 0 fully saturated rings. The van der Waals surface area contributed by atoms with E-state index in [1.54, 1.807) is 12.3 Å². The van der Waals surface area contributed by atoms with Gasteiger partial charge in [-0.1, -0.05) is 25.1 Å². The smallest absolute Gasteiger partial charge is 0.294 e. The summed E-state index contributed by atoms with van der Waals surface area (Å²) in [6, 6.07) is 15.4. The lowest BCUT2D eigenvalue weighted by atomic mass is 10.1. The average Bonchev–Trinajstić information content (AvgIpc) is 3.34. The lowest BCUT2D eigenvalue weighted by Crippen LogP contribution is -2.31. The van der Waals surface area contributed by atoms with Crippen LogP contribution in [0.15, 0.2) is 54.7 Å². The van der Waals surface area contributed by atoms with Gasteiger partial charge in [-0.3, -0.25) is 10.1 Å². The molecule has 0 bridgehead atoms. The van der Waals surface area contributed by atoms with Gasteiger partial charge in [0, 0.05) is 50.5 Å². The van der Waals surface area contributed by atoms with Gasteiger partial charge in [0.05, 0.1) is 35.7 Å². The molecule has 0 aliphatic carbocycles. The number of nitro groups is 1. The molecule has 2 aromatic heterocycles. The van der Waals surface area contributed by atoms with E-state index in [0.717, 1.165) is 36.2 Å². The zero-order chi connectivity index (χ0) is 27.5. The Morgan fingerprint density at radius 1 is 1.21 bits per heavy atom. The fourth-order valence-electron chi connectivity index (χ4n) is 4.86. The second kappa shape index (κ2) is 11.3. The Kier molecular flexibility index (Phi) is 7.62. The van der Waals surface area contributed by atoms with Gasteiger partial charge in [-0.15, -0.1) is 0 Å². The minimum absolute atomic E-state index is 0.0313. The van der Waals surface area contributed by atoms with Crippen molar-refractivity contribution in [2.75, 3.05) is 57.7 Å². The van der Waals surface area contributed by atoms with Gasteiger partial charge in [-0.05, 0) is 37.2 Å². The number of nitrogens with zero attached hydrogens (tertiary/aromatic N) is 6. The molecule has 11 nitrogen and oxygen atoms in total. The van der Waals surface area contributed by atoms with Crippen molar-refractivity contribution in [2.45, 2.75) is 19.6 Å². The highest BCUT2D eigenvalue weighted by Crippen LogP contribution is 2.39. The number of fused-ring (bicyclic) bond motifs is 3. The number of ether oxygens (including phenoxy) is 2. The van der Waals surface area contributed by atoms with Gasteiger partial charge in [-0.25, -0.2) is 9.97 Å². The highest BCUT2D eigenvalue weighted by Gasteiger charge is 2.27. The first-order chi connectivity index (χ1) is 18.9. The number of aromatic nitrogens is 3. The van der Waals surface area contributed by atoms with Gasteiger partial charge in [0.15, 0.2) is 0 Å². The summed E-state index contributed by atoms with van der Waals surface area (Å²) >= 11 is 0. The second-order valence-corrected chi connectivity index (χ2v) is 9.58. The van der Waals surface area contributed by atoms with E-state index < -0.39 is 0 Å². The number of benzene rings is 2. The van der Waals surface area contributed by atoms with E-state index >= 15 is 0 Å². The van der Waals surface area contributed by atoms with Crippen LogP contribution in [-0.2, 0) is 11.3 Å². The molecule has 1 N–H and O–H groups in total. The highest BCUT2D eigenvalue weighted by molar-refractivity contribution is 5.82. The average molecular weight is 532 g/mol. The van der Waals surface area contributed by atoms with Crippen LogP contribution in [0.2, 0.25) is 0 Å². The Morgan fingerprint density at radius 2 is 2.03 bits per heavy atom. The van der Waals surface area contributed by atoms with Crippen LogP contribution >= 0.6 is 0 Å². The molecule has 1 atom stereocenters. The Balaban J connectivity index is 1.44. The standard InChI is InChI=1S/C28H33N7O4/c1-5-32(2)12-13-33(3)23-18-26(38-4)21(17-24(23)35(36)37)31-28-29-11-10-20(30-28)27-25-16-19-8-6-7-9-22(19)34(25)14-15-39-27/h6-11,16-18,27H,5,12-15H2,1-4H3,(H,29,30,31). The van der Waals surface area contributed by atoms with E-state index in [1.165, 1.54) is 13.2 Å². The van der Waals surface area contributed by atoms with E-state index in [-0.39, 0.29) is 16.7 Å². The zero-order valence-corrected chi connectivity index (χ0v) is 22.6. The number of methoxy groups -OCH3 is 1. The molecule has 4 aromatic rings. The fraction of sp³-hybridized carbons (Fsp3) is 0.357. The normalized spacial score (nSPS) is 14.8. The maximum absolute atomic E-state index is 12.0. The van der Waals surface area contributed by atoms with Gasteiger partial charge >= 0.3 is 0 Å². The Hall–Kier alpha value is -4.22. The van der Waals surface area contributed by atoms with Crippen molar-refractivity contribution in [1.82, 2.24) is 19.4 Å². The molecule has 1 unspecified atom stereocenters. The molecule has 204 valence electrons. The summed E-state index contributed by atoms with van der Waals surface area (Å²) in [6.45, 7) is 5.70. The molecule has 0 saturated carbocycles. The molecule has 0 saturated heterocycles. The van der Waals surface area contributed by atoms with Gasteiger partial charge in [0.1, 0.15) is 17.5 Å². The number of para-hydroxylation sites is 1. The van der Waals surface area contributed by atoms with Gasteiger partial charge in [-0.2, -0.15) is 0 Å². The SMILES string of the molecule is CCN(C)CCN(C)c1cc(OC)c(Nc2nccc(C3OCCn4c3cc3ccccc34)n2)cc1[N+](=O)[O-]. The molecule has 3 heterocycles. The molecule has 39 heavy (non-hydrogen) atoms. The highest BCUT2D eigenvalue weighted by atomic mass is 16.6. The monoisotopic (exact) mass is 531 g/mol. The third-order valence-corrected chi connectivity index (χ3v) is 7.16. The summed E-state index contributed by atoms with van der Waals surface area (Å²) in [5.41, 5.74) is 3.74. The Morgan fingerprint density at radius 3 is 2.79 bits per heavy atom. The largest absolute Gasteiger partial charge is 0.494 e. The molecule has 2 aromatic carbocycles. The number of nitro benzene ring substituents is 1. The molecule has 11 heteroatoms. The van der Waals surface area contributed by atoms with Crippen LogP contribution in [0.4, 0.5) is 23.0 Å². The van der Waals surface area contributed by atoms with Crippen LogP contribution in [0.5, 0.6) is 5.75 Å². The summed E-state index contributed by atoms with van der Waals surface area (Å²) in [5, 5.41) is 16.3. The third kappa shape index (κ3) is 5.36. The summed E-state index contributed by atoms with van der Waals surface area (Å²) in [4.78, 5) is 24.8. The van der Waals surface area contributed by atoms with E-state index in [1.807, 2.05) is 37.2 Å². The van der Waals surface area contributed by atoms with Crippen molar-refractivity contribution < 1.29 is 14.4 Å². The van der Waals surface area contributed by atoms with E-state index in [9.17, 15) is 10.1 Å². The lowest BCUT2D eigenvalue weighted by Gasteiger charge is -2.26. The van der Waals surface area contributed by atoms with Crippen LogP contribution in [-0.4, -0.2) is 71.8 Å². The number of hydrogen-bond donors (Lipinski definition) is 1. The summed E-state index contributed by atoms with van der Waals surface area (Å²) in [5.74, 6) is 0.747. The molecule has 1 aliphatic heterocycles. The molecule has 0 amide bonds. The van der Waals surface area contributed by atoms with Crippen molar-refractivity contribution in [1.29, 1.82) is 0 Å². The van der Waals surface area contributed by atoms with Crippen molar-refractivity contribution in [3.8, 4) is 5.75 Å². The predicted molar refractivity (Wildman–Crippen MR) is 151 cm³/mol. The maximum atomic E-state index is 12.0. The second-order valence-electron chi connectivity index (χ2n) is 9.58. The van der Waals surface area contributed by atoms with Crippen molar-refractivity contribution in [3.63, 3.8) is 0 Å². The minimum atomic E-state index is -0.383. The van der Waals surface area contributed by atoms with Gasteiger partial charge in [0.2, 0.25) is 5.95 Å². The van der Waals surface area contributed by atoms with Crippen molar-refractivity contribution in [2.24, 2.45) is 0 Å². The van der Waals surface area contributed by atoms with Crippen LogP contribution in [0, 0.1) is 10.1 Å². The Bertz CT molecular complexity index is 1490. The molecule has 5 rings (SSSR count). The van der Waals surface area contributed by atoms with Crippen molar-refractivity contribution >= 4 is 33.9 Å². The third-order valence-electron chi connectivity index (χ3n) is 7.16. The summed E-state index contributed by atoms with van der Waals surface area (Å²) < 4.78 is 14.0. The topological polar surface area (TPSA) is 111 Å². The molecule has 1 aliphatic rings. The van der Waals surface area contributed by atoms with E-state index in [2.05, 4.69) is 44.9 Å². The molecular formula is C28H33N7O4. The quantitative estimate of drug-likeness (QED) is 0.232. The summed E-state index contributed by atoms with van der Waals surface area (Å²) in [7, 11) is 5.39. The number of hydrogen-bond acceptors (Lipinski definition) is 9. The van der Waals surface area contributed by atoms with Crippen LogP contribution in [0.1, 0.15) is 24.4 Å². The van der Waals surface area contributed by atoms with E-state index in [0.29, 0.717) is 41.9 Å². The van der Waals surface area contributed by atoms with Crippen LogP contribution in [0.3, 0.4) is 0 Å². The van der Waals surface area contributed by atoms with Crippen molar-refractivity contribution in [3.05, 3.63) is 76.2 Å². The molecular weight excluding hydrogens is 498 g/mol. The van der Waals surface area contributed by atoms with Crippen LogP contribution in [0.25, 0.3) is 10.9 Å². The maximum Gasteiger partial charge on any atom is 0.294 e. The number of nitrogens with one attached hydrogen (secondary N) is 1. The fourth-order valence-corrected chi connectivity index (χ4v) is 4.86. The summed E-state index contributed by atoms with van der Waals surface area (Å²) in [6.07, 6.45) is 1.30. The number of anilines is 3. The minimum Gasteiger partial charge on any atom is -0.494 e.